The second-order valence-corrected chi connectivity index (χ2v) is 4.57. The molecule has 0 radical (unpaired) electrons. The third-order valence-corrected chi connectivity index (χ3v) is 2.77. The molecule has 2 unspecified atom stereocenters. The van der Waals surface area contributed by atoms with Gasteiger partial charge in [0.25, 0.3) is 0 Å². The highest BCUT2D eigenvalue weighted by Gasteiger charge is 2.56. The van der Waals surface area contributed by atoms with Gasteiger partial charge in [0.2, 0.25) is 0 Å². The number of carboxylic acids is 1. The van der Waals surface area contributed by atoms with E-state index in [1.54, 1.807) is 0 Å². The summed E-state index contributed by atoms with van der Waals surface area (Å²) in [4.78, 5) is 10.4. The number of allylic oxidation sites excluding steroid dienone is 2. The predicted octanol–water partition coefficient (Wildman–Crippen LogP) is 2.46. The van der Waals surface area contributed by atoms with Gasteiger partial charge in [0.1, 0.15) is 6.04 Å². The van der Waals surface area contributed by atoms with E-state index in [0.29, 0.717) is 0 Å². The van der Waals surface area contributed by atoms with Gasteiger partial charge in [-0.15, -0.1) is 0 Å². The van der Waals surface area contributed by atoms with E-state index >= 15 is 0 Å². The smallest absolute Gasteiger partial charge is 0.453 e. The molecule has 21 heavy (non-hydrogen) atoms. The monoisotopic (exact) mass is 319 g/mol. The van der Waals surface area contributed by atoms with Crippen LogP contribution in [0.1, 0.15) is 32.1 Å². The summed E-state index contributed by atoms with van der Waals surface area (Å²) in [6.45, 7) is 0. The number of unbranched alkanes of at least 4 members (excludes halogenated alkanes) is 1. The van der Waals surface area contributed by atoms with E-state index in [2.05, 4.69) is 0 Å². The third-order valence-electron chi connectivity index (χ3n) is 2.77. The van der Waals surface area contributed by atoms with Crippen LogP contribution in [-0.4, -0.2) is 40.4 Å². The highest BCUT2D eigenvalue weighted by atomic mass is 19.4. The molecule has 2 atom stereocenters. The lowest BCUT2D eigenvalue weighted by Gasteiger charge is -2.18. The summed E-state index contributed by atoms with van der Waals surface area (Å²) < 4.78 is 60.6. The number of rotatable bonds is 9. The highest BCUT2D eigenvalue weighted by molar-refractivity contribution is 5.73. The van der Waals surface area contributed by atoms with Crippen molar-refractivity contribution >= 4 is 5.97 Å². The van der Waals surface area contributed by atoms with Crippen molar-refractivity contribution in [1.82, 2.24) is 0 Å². The molecule has 0 aliphatic carbocycles. The molecular weight excluding hydrogens is 301 g/mol. The van der Waals surface area contributed by atoms with Gasteiger partial charge < -0.3 is 15.9 Å². The van der Waals surface area contributed by atoms with Crippen LogP contribution >= 0.6 is 0 Å². The first kappa shape index (κ1) is 19.8. The van der Waals surface area contributed by atoms with Crippen molar-refractivity contribution in [3.63, 3.8) is 0 Å². The number of aliphatic hydroxyl groups excluding tert-OH is 1. The van der Waals surface area contributed by atoms with Gasteiger partial charge in [-0.1, -0.05) is 12.2 Å². The Balaban J connectivity index is 3.88. The fourth-order valence-corrected chi connectivity index (χ4v) is 1.43. The summed E-state index contributed by atoms with van der Waals surface area (Å²) in [6, 6.07) is -1.41. The zero-order chi connectivity index (χ0) is 16.7. The van der Waals surface area contributed by atoms with Gasteiger partial charge >= 0.3 is 18.1 Å². The molecular formula is C12H18F5NO3. The van der Waals surface area contributed by atoms with Crippen LogP contribution in [0.15, 0.2) is 12.2 Å². The first-order valence-electron chi connectivity index (χ1n) is 6.25. The number of hydrogen-bond acceptors (Lipinski definition) is 3. The summed E-state index contributed by atoms with van der Waals surface area (Å²) >= 11 is 0. The Morgan fingerprint density at radius 2 is 1.67 bits per heavy atom. The van der Waals surface area contributed by atoms with Gasteiger partial charge in [-0.25, -0.2) is 0 Å². The lowest BCUT2D eigenvalue weighted by atomic mass is 10.1. The number of carboxylic acid groups (broad SMARTS) is 1. The lowest BCUT2D eigenvalue weighted by Crippen LogP contribution is -2.41. The van der Waals surface area contributed by atoms with E-state index in [9.17, 15) is 31.9 Å². The zero-order valence-corrected chi connectivity index (χ0v) is 11.1. The minimum Gasteiger partial charge on any atom is -0.480 e. The molecule has 9 heteroatoms. The van der Waals surface area contributed by atoms with Gasteiger partial charge in [0, 0.05) is 6.42 Å². The van der Waals surface area contributed by atoms with E-state index in [1.165, 1.54) is 12.2 Å². The van der Waals surface area contributed by atoms with E-state index in [1.807, 2.05) is 0 Å². The largest absolute Gasteiger partial charge is 0.480 e. The van der Waals surface area contributed by atoms with Crippen LogP contribution in [0.3, 0.4) is 0 Å². The number of nitrogens with two attached hydrogens (primary N) is 1. The summed E-state index contributed by atoms with van der Waals surface area (Å²) in [5, 5.41) is 17.8. The zero-order valence-electron chi connectivity index (χ0n) is 11.1. The molecule has 4 N–H and O–H groups in total. The van der Waals surface area contributed by atoms with Crippen molar-refractivity contribution < 1.29 is 37.0 Å². The average Bonchev–Trinajstić information content (AvgIpc) is 2.34. The molecule has 0 aliphatic heterocycles. The van der Waals surface area contributed by atoms with Crippen LogP contribution in [0.25, 0.3) is 0 Å². The van der Waals surface area contributed by atoms with Crippen LogP contribution in [0.5, 0.6) is 0 Å². The molecule has 0 heterocycles. The molecule has 0 saturated carbocycles. The van der Waals surface area contributed by atoms with E-state index in [-0.39, 0.29) is 25.7 Å². The Morgan fingerprint density at radius 3 is 2.14 bits per heavy atom. The van der Waals surface area contributed by atoms with Crippen molar-refractivity contribution in [3.05, 3.63) is 12.2 Å². The minimum absolute atomic E-state index is 0.0345. The number of aliphatic hydroxyl groups is 1. The number of hydrogen-bond donors (Lipinski definition) is 3. The SMILES string of the molecule is NC(C(=O)O)C(O)CC/C=C/CCCC(F)(F)C(F)(F)F. The summed E-state index contributed by atoms with van der Waals surface area (Å²) in [5.41, 5.74) is 5.15. The molecule has 0 fully saturated rings. The second kappa shape index (κ2) is 8.28. The molecule has 0 rings (SSSR count). The van der Waals surface area contributed by atoms with Crippen LogP contribution in [0.4, 0.5) is 22.0 Å². The predicted molar refractivity (Wildman–Crippen MR) is 64.8 cm³/mol. The fourth-order valence-electron chi connectivity index (χ4n) is 1.43. The summed E-state index contributed by atoms with van der Waals surface area (Å²) in [6.07, 6.45) is -5.18. The number of carbonyl (C=O) groups is 1. The van der Waals surface area contributed by atoms with Gasteiger partial charge in [-0.05, 0) is 25.7 Å². The van der Waals surface area contributed by atoms with Crippen molar-refractivity contribution in [3.8, 4) is 0 Å². The highest BCUT2D eigenvalue weighted by Crippen LogP contribution is 2.39. The maximum atomic E-state index is 12.5. The van der Waals surface area contributed by atoms with Crippen molar-refractivity contribution in [2.24, 2.45) is 5.73 Å². The Bertz CT molecular complexity index is 357. The van der Waals surface area contributed by atoms with E-state index < -0.39 is 36.6 Å². The molecule has 0 bridgehead atoms. The Hall–Kier alpha value is -1.22. The van der Waals surface area contributed by atoms with E-state index in [0.717, 1.165) is 0 Å². The number of halogens is 5. The van der Waals surface area contributed by atoms with Crippen LogP contribution in [-0.2, 0) is 4.79 Å². The maximum absolute atomic E-state index is 12.5. The molecule has 124 valence electrons. The van der Waals surface area contributed by atoms with Gasteiger partial charge in [-0.2, -0.15) is 22.0 Å². The van der Waals surface area contributed by atoms with Crippen molar-refractivity contribution in [1.29, 1.82) is 0 Å². The Kier molecular flexibility index (Phi) is 7.80. The van der Waals surface area contributed by atoms with Crippen LogP contribution in [0.2, 0.25) is 0 Å². The number of alkyl halides is 5. The second-order valence-electron chi connectivity index (χ2n) is 4.57. The first-order valence-corrected chi connectivity index (χ1v) is 6.25. The van der Waals surface area contributed by atoms with Crippen molar-refractivity contribution in [2.45, 2.75) is 56.3 Å². The minimum atomic E-state index is -5.53. The molecule has 0 aliphatic rings. The average molecular weight is 319 g/mol. The number of aliphatic carboxylic acids is 1. The normalized spacial score (nSPS) is 16.1. The fraction of sp³-hybridized carbons (Fsp3) is 0.750. The molecule has 0 aromatic heterocycles. The van der Waals surface area contributed by atoms with Crippen molar-refractivity contribution in [2.75, 3.05) is 0 Å². The Labute approximate surface area is 118 Å². The van der Waals surface area contributed by atoms with Gasteiger partial charge in [0.15, 0.2) is 0 Å². The molecule has 0 aromatic rings. The van der Waals surface area contributed by atoms with E-state index in [4.69, 9.17) is 10.8 Å². The standard InChI is InChI=1S/C12H18F5NO3/c13-11(14,12(15,16)17)7-5-3-1-2-4-6-8(19)9(18)10(20)21/h1-2,8-9,19H,3-7,18H2,(H,20,21)/b2-1+. The summed E-state index contributed by atoms with van der Waals surface area (Å²) in [7, 11) is 0. The molecule has 4 nitrogen and oxygen atoms in total. The molecule has 0 saturated heterocycles. The molecule has 0 spiro atoms. The quantitative estimate of drug-likeness (QED) is 0.346. The van der Waals surface area contributed by atoms with Crippen LogP contribution < -0.4 is 5.73 Å². The topological polar surface area (TPSA) is 83.6 Å². The van der Waals surface area contributed by atoms with Crippen LogP contribution in [0, 0.1) is 0 Å². The molecule has 0 amide bonds. The molecule has 0 aromatic carbocycles. The summed E-state index contributed by atoms with van der Waals surface area (Å²) in [5.74, 6) is -6.04. The Morgan fingerprint density at radius 1 is 1.14 bits per heavy atom. The maximum Gasteiger partial charge on any atom is 0.453 e. The lowest BCUT2D eigenvalue weighted by molar-refractivity contribution is -0.284. The van der Waals surface area contributed by atoms with Gasteiger partial charge in [0.05, 0.1) is 6.10 Å². The first-order chi connectivity index (χ1) is 9.49. The third kappa shape index (κ3) is 7.37. The van der Waals surface area contributed by atoms with Gasteiger partial charge in [-0.3, -0.25) is 4.79 Å².